The molecule has 0 saturated carbocycles. The zero-order valence-electron chi connectivity index (χ0n) is 7.74. The average molecular weight is 210 g/mol. The molecule has 1 N–H and O–H groups in total. The summed E-state index contributed by atoms with van der Waals surface area (Å²) >= 11 is 5.83. The van der Waals surface area contributed by atoms with Gasteiger partial charge in [-0.1, -0.05) is 30.3 Å². The molecule has 14 heavy (non-hydrogen) atoms. The lowest BCUT2D eigenvalue weighted by Gasteiger charge is -2.16. The summed E-state index contributed by atoms with van der Waals surface area (Å²) in [5.41, 5.74) is 1.14. The molecule has 74 valence electrons. The van der Waals surface area contributed by atoms with Crippen LogP contribution in [0.15, 0.2) is 30.3 Å². The Balaban J connectivity index is 2.22. The molecule has 0 aliphatic carbocycles. The minimum Gasteiger partial charge on any atom is -0.349 e. The van der Waals surface area contributed by atoms with Crippen molar-refractivity contribution in [2.24, 2.45) is 5.92 Å². The molecule has 2 nitrogen and oxygen atoms in total. The lowest BCUT2D eigenvalue weighted by molar-refractivity contribution is -0.119. The highest BCUT2D eigenvalue weighted by Crippen LogP contribution is 2.30. The number of carbonyl (C=O) groups is 1. The van der Waals surface area contributed by atoms with Gasteiger partial charge in [0.1, 0.15) is 0 Å². The third kappa shape index (κ3) is 1.75. The minimum absolute atomic E-state index is 0.0983. The molecule has 1 saturated heterocycles. The van der Waals surface area contributed by atoms with Gasteiger partial charge in [0.25, 0.3) is 0 Å². The molecule has 1 aliphatic heterocycles. The second-order valence-electron chi connectivity index (χ2n) is 3.57. The molecule has 2 atom stereocenters. The van der Waals surface area contributed by atoms with Crippen LogP contribution in [0.1, 0.15) is 18.0 Å². The van der Waals surface area contributed by atoms with E-state index in [4.69, 9.17) is 11.6 Å². The second kappa shape index (κ2) is 4.01. The van der Waals surface area contributed by atoms with Gasteiger partial charge in [-0.15, -0.1) is 11.6 Å². The molecule has 0 radical (unpaired) electrons. The standard InChI is InChI=1S/C11H12ClNO/c12-7-9-6-10(14)13-11(9)8-4-2-1-3-5-8/h1-5,9,11H,6-7H2,(H,13,14)/t9-,11-/m1/s1. The van der Waals surface area contributed by atoms with Crippen molar-refractivity contribution < 1.29 is 4.79 Å². The number of rotatable bonds is 2. The fourth-order valence-corrected chi connectivity index (χ4v) is 2.15. The summed E-state index contributed by atoms with van der Waals surface area (Å²) in [5.74, 6) is 0.856. The number of hydrogen-bond donors (Lipinski definition) is 1. The van der Waals surface area contributed by atoms with Gasteiger partial charge in [0.05, 0.1) is 6.04 Å². The van der Waals surface area contributed by atoms with Gasteiger partial charge in [0, 0.05) is 18.2 Å². The topological polar surface area (TPSA) is 29.1 Å². The first kappa shape index (κ1) is 9.53. The molecule has 0 unspecified atom stereocenters. The van der Waals surface area contributed by atoms with Crippen LogP contribution in [-0.4, -0.2) is 11.8 Å². The number of alkyl halides is 1. The van der Waals surface area contributed by atoms with E-state index >= 15 is 0 Å². The van der Waals surface area contributed by atoms with E-state index in [2.05, 4.69) is 5.32 Å². The molecule has 1 aromatic carbocycles. The highest BCUT2D eigenvalue weighted by Gasteiger charge is 2.32. The number of nitrogens with one attached hydrogen (secondary N) is 1. The molecule has 2 rings (SSSR count). The van der Waals surface area contributed by atoms with Gasteiger partial charge < -0.3 is 5.32 Å². The summed E-state index contributed by atoms with van der Waals surface area (Å²) < 4.78 is 0. The summed E-state index contributed by atoms with van der Waals surface area (Å²) in [6, 6.07) is 10.1. The second-order valence-corrected chi connectivity index (χ2v) is 3.88. The van der Waals surface area contributed by atoms with Gasteiger partial charge in [0.15, 0.2) is 0 Å². The Bertz CT molecular complexity index is 325. The highest BCUT2D eigenvalue weighted by molar-refractivity contribution is 6.18. The van der Waals surface area contributed by atoms with E-state index in [1.54, 1.807) is 0 Å². The summed E-state index contributed by atoms with van der Waals surface area (Å²) in [6.45, 7) is 0. The van der Waals surface area contributed by atoms with Crippen molar-refractivity contribution in [2.75, 3.05) is 5.88 Å². The zero-order valence-corrected chi connectivity index (χ0v) is 8.50. The molecule has 1 heterocycles. The van der Waals surface area contributed by atoms with Crippen LogP contribution in [0.2, 0.25) is 0 Å². The molecule has 1 aromatic rings. The van der Waals surface area contributed by atoms with Crippen LogP contribution >= 0.6 is 11.6 Å². The van der Waals surface area contributed by atoms with Crippen molar-refractivity contribution in [3.8, 4) is 0 Å². The van der Waals surface area contributed by atoms with Crippen LogP contribution in [0, 0.1) is 5.92 Å². The minimum atomic E-state index is 0.0983. The van der Waals surface area contributed by atoms with Crippen LogP contribution < -0.4 is 5.32 Å². The van der Waals surface area contributed by atoms with Gasteiger partial charge in [-0.3, -0.25) is 4.79 Å². The Morgan fingerprint density at radius 3 is 2.71 bits per heavy atom. The van der Waals surface area contributed by atoms with Crippen LogP contribution in [0.25, 0.3) is 0 Å². The van der Waals surface area contributed by atoms with E-state index in [1.807, 2.05) is 30.3 Å². The van der Waals surface area contributed by atoms with Gasteiger partial charge in [0.2, 0.25) is 5.91 Å². The van der Waals surface area contributed by atoms with E-state index in [-0.39, 0.29) is 17.9 Å². The monoisotopic (exact) mass is 209 g/mol. The maximum absolute atomic E-state index is 11.2. The maximum atomic E-state index is 11.2. The van der Waals surface area contributed by atoms with Gasteiger partial charge in [-0.2, -0.15) is 0 Å². The molecule has 3 heteroatoms. The fraction of sp³-hybridized carbons (Fsp3) is 0.364. The van der Waals surface area contributed by atoms with Crippen LogP contribution in [0.5, 0.6) is 0 Å². The number of hydrogen-bond acceptors (Lipinski definition) is 1. The lowest BCUT2D eigenvalue weighted by Crippen LogP contribution is -2.21. The first-order valence-electron chi connectivity index (χ1n) is 4.71. The van der Waals surface area contributed by atoms with Crippen molar-refractivity contribution in [2.45, 2.75) is 12.5 Å². The largest absolute Gasteiger partial charge is 0.349 e. The zero-order chi connectivity index (χ0) is 9.97. The Labute approximate surface area is 88.3 Å². The average Bonchev–Trinajstić information content (AvgIpc) is 2.61. The third-order valence-electron chi connectivity index (χ3n) is 2.59. The molecule has 0 aromatic heterocycles. The summed E-state index contributed by atoms with van der Waals surface area (Å²) in [5, 5.41) is 2.95. The van der Waals surface area contributed by atoms with Gasteiger partial charge in [-0.05, 0) is 5.56 Å². The van der Waals surface area contributed by atoms with Crippen molar-refractivity contribution in [1.29, 1.82) is 0 Å². The predicted molar refractivity (Wildman–Crippen MR) is 56.2 cm³/mol. The third-order valence-corrected chi connectivity index (χ3v) is 2.99. The summed E-state index contributed by atoms with van der Waals surface area (Å²) in [6.07, 6.45) is 0.545. The number of amides is 1. The molecular formula is C11H12ClNO. The molecule has 0 bridgehead atoms. The van der Waals surface area contributed by atoms with E-state index < -0.39 is 0 Å². The Morgan fingerprint density at radius 1 is 1.36 bits per heavy atom. The molecule has 1 fully saturated rings. The van der Waals surface area contributed by atoms with Crippen molar-refractivity contribution in [1.82, 2.24) is 5.32 Å². The number of carbonyl (C=O) groups excluding carboxylic acids is 1. The van der Waals surface area contributed by atoms with Crippen LogP contribution in [-0.2, 0) is 4.79 Å². The van der Waals surface area contributed by atoms with Gasteiger partial charge in [-0.25, -0.2) is 0 Å². The van der Waals surface area contributed by atoms with Crippen molar-refractivity contribution in [3.05, 3.63) is 35.9 Å². The first-order chi connectivity index (χ1) is 6.81. The van der Waals surface area contributed by atoms with Crippen molar-refractivity contribution >= 4 is 17.5 Å². The van der Waals surface area contributed by atoms with E-state index in [0.29, 0.717) is 12.3 Å². The van der Waals surface area contributed by atoms with E-state index in [0.717, 1.165) is 5.56 Å². The number of halogens is 1. The lowest BCUT2D eigenvalue weighted by atomic mass is 9.96. The van der Waals surface area contributed by atoms with E-state index in [1.165, 1.54) is 0 Å². The Kier molecular flexibility index (Phi) is 2.73. The Hall–Kier alpha value is -1.02. The molecule has 1 amide bonds. The number of benzene rings is 1. The summed E-state index contributed by atoms with van der Waals surface area (Å²) in [7, 11) is 0. The fourth-order valence-electron chi connectivity index (χ4n) is 1.87. The molecule has 1 aliphatic rings. The molecule has 0 spiro atoms. The smallest absolute Gasteiger partial charge is 0.220 e. The normalized spacial score (nSPS) is 26.2. The Morgan fingerprint density at radius 2 is 2.07 bits per heavy atom. The maximum Gasteiger partial charge on any atom is 0.220 e. The first-order valence-corrected chi connectivity index (χ1v) is 5.25. The van der Waals surface area contributed by atoms with Crippen LogP contribution in [0.4, 0.5) is 0 Å². The predicted octanol–water partition coefficient (Wildman–Crippen LogP) is 2.10. The van der Waals surface area contributed by atoms with Crippen LogP contribution in [0.3, 0.4) is 0 Å². The molecular weight excluding hydrogens is 198 g/mol. The quantitative estimate of drug-likeness (QED) is 0.743. The summed E-state index contributed by atoms with van der Waals surface area (Å²) in [4.78, 5) is 11.2. The van der Waals surface area contributed by atoms with Crippen molar-refractivity contribution in [3.63, 3.8) is 0 Å². The van der Waals surface area contributed by atoms with E-state index in [9.17, 15) is 4.79 Å². The highest BCUT2D eigenvalue weighted by atomic mass is 35.5. The van der Waals surface area contributed by atoms with Gasteiger partial charge >= 0.3 is 0 Å². The SMILES string of the molecule is O=C1C[C@H](CCl)[C@@H](c2ccccc2)N1.